The first-order chi connectivity index (χ1) is 8.45. The predicted molar refractivity (Wildman–Crippen MR) is 71.4 cm³/mol. The first-order valence-corrected chi connectivity index (χ1v) is 7.71. The highest BCUT2D eigenvalue weighted by Gasteiger charge is 2.15. The summed E-state index contributed by atoms with van der Waals surface area (Å²) >= 11 is 0. The van der Waals surface area contributed by atoms with Crippen molar-refractivity contribution in [2.45, 2.75) is 32.1 Å². The molecule has 0 aliphatic carbocycles. The molecular formula is C13H20O4S. The molecular weight excluding hydrogens is 252 g/mol. The van der Waals surface area contributed by atoms with Gasteiger partial charge in [0.25, 0.3) is 0 Å². The average Bonchev–Trinajstić information content (AvgIpc) is 2.35. The molecule has 18 heavy (non-hydrogen) atoms. The fourth-order valence-electron chi connectivity index (χ4n) is 1.38. The second-order valence-electron chi connectivity index (χ2n) is 4.42. The van der Waals surface area contributed by atoms with Crippen molar-refractivity contribution in [3.63, 3.8) is 0 Å². The van der Waals surface area contributed by atoms with Crippen molar-refractivity contribution in [2.75, 3.05) is 12.4 Å². The SMILES string of the molecule is CC(C)S(=O)(=O)CCCOc1ccc(CO)cc1. The van der Waals surface area contributed by atoms with Gasteiger partial charge in [0.15, 0.2) is 9.84 Å². The van der Waals surface area contributed by atoms with E-state index >= 15 is 0 Å². The van der Waals surface area contributed by atoms with Crippen molar-refractivity contribution >= 4 is 9.84 Å². The molecule has 1 N–H and O–H groups in total. The fraction of sp³-hybridized carbons (Fsp3) is 0.538. The van der Waals surface area contributed by atoms with Crippen LogP contribution in [-0.2, 0) is 16.4 Å². The minimum atomic E-state index is -2.98. The molecule has 0 heterocycles. The Bertz CT molecular complexity index is 448. The molecule has 1 rings (SSSR count). The number of benzene rings is 1. The van der Waals surface area contributed by atoms with Gasteiger partial charge in [-0.2, -0.15) is 0 Å². The number of aliphatic hydroxyl groups is 1. The van der Waals surface area contributed by atoms with Crippen molar-refractivity contribution < 1.29 is 18.3 Å². The van der Waals surface area contributed by atoms with E-state index < -0.39 is 9.84 Å². The Balaban J connectivity index is 2.34. The fourth-order valence-corrected chi connectivity index (χ4v) is 2.37. The van der Waals surface area contributed by atoms with Gasteiger partial charge in [-0.15, -0.1) is 0 Å². The number of hydrogen-bond acceptors (Lipinski definition) is 4. The highest BCUT2D eigenvalue weighted by atomic mass is 32.2. The van der Waals surface area contributed by atoms with Crippen molar-refractivity contribution in [3.8, 4) is 5.75 Å². The molecule has 0 radical (unpaired) electrons. The molecule has 0 saturated carbocycles. The summed E-state index contributed by atoms with van der Waals surface area (Å²) in [4.78, 5) is 0. The van der Waals surface area contributed by atoms with Crippen LogP contribution in [0.3, 0.4) is 0 Å². The number of aliphatic hydroxyl groups excluding tert-OH is 1. The monoisotopic (exact) mass is 272 g/mol. The topological polar surface area (TPSA) is 63.6 Å². The van der Waals surface area contributed by atoms with Crippen LogP contribution < -0.4 is 4.74 Å². The summed E-state index contributed by atoms with van der Waals surface area (Å²) in [5.74, 6) is 0.841. The summed E-state index contributed by atoms with van der Waals surface area (Å²) in [5.41, 5.74) is 0.824. The van der Waals surface area contributed by atoms with Gasteiger partial charge in [0, 0.05) is 0 Å². The van der Waals surface area contributed by atoms with E-state index in [0.29, 0.717) is 18.8 Å². The van der Waals surface area contributed by atoms with E-state index in [-0.39, 0.29) is 17.6 Å². The molecule has 0 aromatic heterocycles. The smallest absolute Gasteiger partial charge is 0.152 e. The Hall–Kier alpha value is -1.07. The number of ether oxygens (including phenoxy) is 1. The molecule has 0 amide bonds. The van der Waals surface area contributed by atoms with Gasteiger partial charge in [-0.25, -0.2) is 8.42 Å². The largest absolute Gasteiger partial charge is 0.494 e. The van der Waals surface area contributed by atoms with Gasteiger partial charge in [0.1, 0.15) is 5.75 Å². The van der Waals surface area contributed by atoms with Crippen molar-refractivity contribution in [2.24, 2.45) is 0 Å². The minimum absolute atomic E-state index is 0.00686. The van der Waals surface area contributed by atoms with E-state index in [1.54, 1.807) is 38.1 Å². The van der Waals surface area contributed by atoms with Crippen LogP contribution in [0.25, 0.3) is 0 Å². The highest BCUT2D eigenvalue weighted by Crippen LogP contribution is 2.12. The third kappa shape index (κ3) is 4.66. The van der Waals surface area contributed by atoms with Gasteiger partial charge in [0.05, 0.1) is 24.2 Å². The van der Waals surface area contributed by atoms with Gasteiger partial charge in [-0.3, -0.25) is 0 Å². The van der Waals surface area contributed by atoms with Crippen molar-refractivity contribution in [1.82, 2.24) is 0 Å². The lowest BCUT2D eigenvalue weighted by atomic mass is 10.2. The van der Waals surface area contributed by atoms with Crippen LogP contribution in [-0.4, -0.2) is 31.1 Å². The Morgan fingerprint density at radius 3 is 2.33 bits per heavy atom. The zero-order chi connectivity index (χ0) is 13.6. The lowest BCUT2D eigenvalue weighted by molar-refractivity contribution is 0.281. The van der Waals surface area contributed by atoms with Crippen LogP contribution in [0.5, 0.6) is 5.75 Å². The molecule has 1 aromatic carbocycles. The van der Waals surface area contributed by atoms with Gasteiger partial charge in [-0.05, 0) is 38.0 Å². The first-order valence-electron chi connectivity index (χ1n) is 6.00. The van der Waals surface area contributed by atoms with Crippen LogP contribution in [0.4, 0.5) is 0 Å². The van der Waals surface area contributed by atoms with E-state index in [1.807, 2.05) is 0 Å². The predicted octanol–water partition coefficient (Wildman–Crippen LogP) is 1.77. The van der Waals surface area contributed by atoms with E-state index in [4.69, 9.17) is 9.84 Å². The number of hydrogen-bond donors (Lipinski definition) is 1. The molecule has 102 valence electrons. The maximum absolute atomic E-state index is 11.5. The average molecular weight is 272 g/mol. The van der Waals surface area contributed by atoms with E-state index in [9.17, 15) is 8.42 Å². The molecule has 0 aliphatic rings. The molecule has 0 saturated heterocycles. The second-order valence-corrected chi connectivity index (χ2v) is 7.10. The van der Waals surface area contributed by atoms with Crippen molar-refractivity contribution in [1.29, 1.82) is 0 Å². The van der Waals surface area contributed by atoms with E-state index in [0.717, 1.165) is 5.56 Å². The first kappa shape index (κ1) is 15.0. The molecule has 1 aromatic rings. The van der Waals surface area contributed by atoms with Gasteiger partial charge >= 0.3 is 0 Å². The summed E-state index contributed by atoms with van der Waals surface area (Å²) in [6.45, 7) is 3.75. The van der Waals surface area contributed by atoms with Crippen LogP contribution in [0, 0.1) is 0 Å². The molecule has 4 nitrogen and oxygen atoms in total. The molecule has 0 bridgehead atoms. The van der Waals surface area contributed by atoms with Crippen molar-refractivity contribution in [3.05, 3.63) is 29.8 Å². The Labute approximate surface area is 109 Å². The molecule has 0 atom stereocenters. The van der Waals surface area contributed by atoms with Gasteiger partial charge < -0.3 is 9.84 Å². The Morgan fingerprint density at radius 1 is 1.22 bits per heavy atom. The number of rotatable bonds is 7. The summed E-state index contributed by atoms with van der Waals surface area (Å²) in [7, 11) is -2.98. The van der Waals surface area contributed by atoms with Gasteiger partial charge in [0.2, 0.25) is 0 Å². The standard InChI is InChI=1S/C13H20O4S/c1-11(2)18(15,16)9-3-8-17-13-6-4-12(10-14)5-7-13/h4-7,11,14H,3,8-10H2,1-2H3. The van der Waals surface area contributed by atoms with Crippen LogP contribution in [0.2, 0.25) is 0 Å². The summed E-state index contributed by atoms with van der Waals surface area (Å²) in [5, 5.41) is 8.54. The van der Waals surface area contributed by atoms with E-state index in [1.165, 1.54) is 0 Å². The Morgan fingerprint density at radius 2 is 1.83 bits per heavy atom. The number of sulfone groups is 1. The highest BCUT2D eigenvalue weighted by molar-refractivity contribution is 7.91. The summed E-state index contributed by atoms with van der Waals surface area (Å²) in [6.07, 6.45) is 0.488. The molecule has 0 unspecified atom stereocenters. The second kappa shape index (κ2) is 6.75. The van der Waals surface area contributed by atoms with Crippen LogP contribution >= 0.6 is 0 Å². The molecule has 0 spiro atoms. The zero-order valence-electron chi connectivity index (χ0n) is 10.8. The maximum Gasteiger partial charge on any atom is 0.152 e. The molecule has 5 heteroatoms. The van der Waals surface area contributed by atoms with Gasteiger partial charge in [-0.1, -0.05) is 12.1 Å². The molecule has 0 fully saturated rings. The van der Waals surface area contributed by atoms with Crippen LogP contribution in [0.1, 0.15) is 25.8 Å². The van der Waals surface area contributed by atoms with Crippen LogP contribution in [0.15, 0.2) is 24.3 Å². The quantitative estimate of drug-likeness (QED) is 0.768. The Kier molecular flexibility index (Phi) is 5.62. The van der Waals surface area contributed by atoms with E-state index in [2.05, 4.69) is 0 Å². The summed E-state index contributed by atoms with van der Waals surface area (Å²) < 4.78 is 28.5. The maximum atomic E-state index is 11.5. The zero-order valence-corrected chi connectivity index (χ0v) is 11.6. The lowest BCUT2D eigenvalue weighted by Gasteiger charge is -2.09. The third-order valence-corrected chi connectivity index (χ3v) is 4.96. The normalized spacial score (nSPS) is 11.8. The summed E-state index contributed by atoms with van der Waals surface area (Å²) in [6, 6.07) is 7.09. The minimum Gasteiger partial charge on any atom is -0.494 e. The molecule has 0 aliphatic heterocycles. The lowest BCUT2D eigenvalue weighted by Crippen LogP contribution is -2.19. The third-order valence-electron chi connectivity index (χ3n) is 2.67.